The molecule has 1 aliphatic carbocycles. The summed E-state index contributed by atoms with van der Waals surface area (Å²) < 4.78 is 24.6. The van der Waals surface area contributed by atoms with Crippen LogP contribution >= 0.6 is 0 Å². The maximum Gasteiger partial charge on any atom is 0.241 e. The van der Waals surface area contributed by atoms with E-state index in [1.165, 1.54) is 12.8 Å². The first-order chi connectivity index (χ1) is 7.11. The Kier molecular flexibility index (Phi) is 4.50. The van der Waals surface area contributed by atoms with Gasteiger partial charge in [0, 0.05) is 12.5 Å². The van der Waals surface area contributed by atoms with E-state index in [0.717, 1.165) is 25.9 Å². The second-order valence-corrected chi connectivity index (χ2v) is 4.84. The van der Waals surface area contributed by atoms with Gasteiger partial charge in [0.25, 0.3) is 0 Å². The van der Waals surface area contributed by atoms with Crippen molar-refractivity contribution >= 4 is 0 Å². The first kappa shape index (κ1) is 12.9. The number of likely N-dealkylation sites (tertiary alicyclic amines) is 1. The molecular formula is C12H23F2N. The van der Waals surface area contributed by atoms with Gasteiger partial charge in [-0.1, -0.05) is 13.8 Å². The van der Waals surface area contributed by atoms with Crippen LogP contribution in [0.1, 0.15) is 39.5 Å². The van der Waals surface area contributed by atoms with Gasteiger partial charge in [0.05, 0.1) is 0 Å². The average molecular weight is 219 g/mol. The smallest absolute Gasteiger partial charge is 0.241 e. The summed E-state index contributed by atoms with van der Waals surface area (Å²) >= 11 is 0. The maximum atomic E-state index is 12.3. The Morgan fingerprint density at radius 3 is 2.33 bits per heavy atom. The van der Waals surface area contributed by atoms with Crippen LogP contribution in [0.25, 0.3) is 0 Å². The Morgan fingerprint density at radius 1 is 1.27 bits per heavy atom. The molecule has 0 unspecified atom stereocenters. The number of hydrogen-bond donors (Lipinski definition) is 0. The number of piperidine rings is 1. The van der Waals surface area contributed by atoms with Crippen molar-refractivity contribution in [1.29, 1.82) is 0 Å². The van der Waals surface area contributed by atoms with Crippen LogP contribution in [-0.2, 0) is 0 Å². The molecule has 0 N–H and O–H groups in total. The zero-order chi connectivity index (χ0) is 11.5. The van der Waals surface area contributed by atoms with Crippen LogP contribution in [0.5, 0.6) is 0 Å². The van der Waals surface area contributed by atoms with Gasteiger partial charge in [0.2, 0.25) is 6.43 Å². The van der Waals surface area contributed by atoms with Crippen LogP contribution in [0.2, 0.25) is 0 Å². The minimum absolute atomic E-state index is 0.272. The Hall–Kier alpha value is -0.180. The van der Waals surface area contributed by atoms with E-state index >= 15 is 0 Å². The van der Waals surface area contributed by atoms with Gasteiger partial charge < -0.3 is 4.90 Å². The molecule has 1 heterocycles. The predicted octanol–water partition coefficient (Wildman–Crippen LogP) is 3.40. The normalized spacial score (nSPS) is 36.0. The lowest BCUT2D eigenvalue weighted by Gasteiger charge is -2.52. The quantitative estimate of drug-likeness (QED) is 0.653. The second kappa shape index (κ2) is 5.24. The van der Waals surface area contributed by atoms with E-state index < -0.39 is 6.43 Å². The number of alkyl halides is 2. The largest absolute Gasteiger partial charge is 0.306 e. The molecule has 0 aromatic carbocycles. The number of halogens is 2. The molecule has 0 aromatic heterocycles. The molecule has 2 fully saturated rings. The van der Waals surface area contributed by atoms with Gasteiger partial charge >= 0.3 is 0 Å². The minimum atomic E-state index is -2.09. The molecule has 1 nitrogen and oxygen atoms in total. The highest BCUT2D eigenvalue weighted by Crippen LogP contribution is 2.52. The topological polar surface area (TPSA) is 3.24 Å². The standard InChI is InChI=1S/C10H17F2N.C2H6/c1-13-4-2-3-10(7-13)5-8(6-10)9(11)12;1-2/h8-9H,2-7H2,1H3;1-2H3. The summed E-state index contributed by atoms with van der Waals surface area (Å²) in [7, 11) is 2.09. The van der Waals surface area contributed by atoms with Crippen molar-refractivity contribution in [3.8, 4) is 0 Å². The van der Waals surface area contributed by atoms with Crippen molar-refractivity contribution in [2.75, 3.05) is 20.1 Å². The molecule has 1 saturated heterocycles. The monoisotopic (exact) mass is 219 g/mol. The maximum absolute atomic E-state index is 12.3. The fourth-order valence-electron chi connectivity index (χ4n) is 3.02. The first-order valence-electron chi connectivity index (χ1n) is 6.08. The van der Waals surface area contributed by atoms with Crippen molar-refractivity contribution in [3.05, 3.63) is 0 Å². The third-order valence-corrected chi connectivity index (χ3v) is 3.60. The molecule has 90 valence electrons. The van der Waals surface area contributed by atoms with Crippen molar-refractivity contribution in [1.82, 2.24) is 4.90 Å². The van der Waals surface area contributed by atoms with Gasteiger partial charge in [0.15, 0.2) is 0 Å². The molecule has 0 atom stereocenters. The van der Waals surface area contributed by atoms with Crippen molar-refractivity contribution < 1.29 is 8.78 Å². The van der Waals surface area contributed by atoms with E-state index in [1.54, 1.807) is 0 Å². The van der Waals surface area contributed by atoms with Gasteiger partial charge in [-0.15, -0.1) is 0 Å². The molecule has 1 saturated carbocycles. The van der Waals surface area contributed by atoms with Crippen LogP contribution in [0.4, 0.5) is 8.78 Å². The highest BCUT2D eigenvalue weighted by molar-refractivity contribution is 4.98. The van der Waals surface area contributed by atoms with Gasteiger partial charge in [-0.05, 0) is 44.7 Å². The molecule has 0 radical (unpaired) electrons. The summed E-state index contributed by atoms with van der Waals surface area (Å²) in [6, 6.07) is 0. The zero-order valence-corrected chi connectivity index (χ0v) is 10.1. The van der Waals surface area contributed by atoms with Gasteiger partial charge in [0.1, 0.15) is 0 Å². The highest BCUT2D eigenvalue weighted by atomic mass is 19.3. The van der Waals surface area contributed by atoms with E-state index in [0.29, 0.717) is 0 Å². The summed E-state index contributed by atoms with van der Waals surface area (Å²) in [6.07, 6.45) is 1.79. The molecule has 3 heteroatoms. The molecular weight excluding hydrogens is 196 g/mol. The zero-order valence-electron chi connectivity index (χ0n) is 10.1. The van der Waals surface area contributed by atoms with E-state index in [1.807, 2.05) is 13.8 Å². The van der Waals surface area contributed by atoms with E-state index in [2.05, 4.69) is 11.9 Å². The molecule has 2 aliphatic rings. The third-order valence-electron chi connectivity index (χ3n) is 3.60. The number of rotatable bonds is 1. The van der Waals surface area contributed by atoms with Crippen LogP contribution in [0, 0.1) is 11.3 Å². The van der Waals surface area contributed by atoms with Gasteiger partial charge in [-0.2, -0.15) is 0 Å². The lowest BCUT2D eigenvalue weighted by Crippen LogP contribution is -2.50. The lowest BCUT2D eigenvalue weighted by atomic mass is 9.58. The summed E-state index contributed by atoms with van der Waals surface area (Å²) in [6.45, 7) is 6.18. The average Bonchev–Trinajstić information content (AvgIpc) is 2.17. The van der Waals surface area contributed by atoms with Crippen molar-refractivity contribution in [2.45, 2.75) is 46.0 Å². The third kappa shape index (κ3) is 2.90. The van der Waals surface area contributed by atoms with Crippen LogP contribution in [0.3, 0.4) is 0 Å². The minimum Gasteiger partial charge on any atom is -0.306 e. The lowest BCUT2D eigenvalue weighted by molar-refractivity contribution is -0.0817. The molecule has 0 aromatic rings. The summed E-state index contributed by atoms with van der Waals surface area (Å²) in [5.41, 5.74) is 0.272. The molecule has 0 amide bonds. The molecule has 2 rings (SSSR count). The number of nitrogens with zero attached hydrogens (tertiary/aromatic N) is 1. The Labute approximate surface area is 91.8 Å². The Balaban J connectivity index is 0.000000531. The van der Waals surface area contributed by atoms with Crippen LogP contribution in [0.15, 0.2) is 0 Å². The Bertz CT molecular complexity index is 188. The molecule has 1 spiro atoms. The van der Waals surface area contributed by atoms with Gasteiger partial charge in [-0.25, -0.2) is 8.78 Å². The SMILES string of the molecule is CC.CN1CCCC2(CC(C(F)F)C2)C1. The highest BCUT2D eigenvalue weighted by Gasteiger charge is 2.48. The van der Waals surface area contributed by atoms with E-state index in [-0.39, 0.29) is 11.3 Å². The van der Waals surface area contributed by atoms with Crippen LogP contribution in [-0.4, -0.2) is 31.5 Å². The number of hydrogen-bond acceptors (Lipinski definition) is 1. The van der Waals surface area contributed by atoms with Crippen LogP contribution < -0.4 is 0 Å². The molecule has 15 heavy (non-hydrogen) atoms. The van der Waals surface area contributed by atoms with Crippen molar-refractivity contribution in [2.24, 2.45) is 11.3 Å². The summed E-state index contributed by atoms with van der Waals surface area (Å²) in [5.74, 6) is -0.300. The Morgan fingerprint density at radius 2 is 1.87 bits per heavy atom. The summed E-state index contributed by atoms with van der Waals surface area (Å²) in [4.78, 5) is 2.28. The predicted molar refractivity (Wildman–Crippen MR) is 59.2 cm³/mol. The molecule has 1 aliphatic heterocycles. The molecule has 0 bridgehead atoms. The van der Waals surface area contributed by atoms with Crippen molar-refractivity contribution in [3.63, 3.8) is 0 Å². The van der Waals surface area contributed by atoms with Gasteiger partial charge in [-0.3, -0.25) is 0 Å². The fourth-order valence-corrected chi connectivity index (χ4v) is 3.02. The first-order valence-corrected chi connectivity index (χ1v) is 6.08. The van der Waals surface area contributed by atoms with E-state index in [4.69, 9.17) is 0 Å². The van der Waals surface area contributed by atoms with E-state index in [9.17, 15) is 8.78 Å². The fraction of sp³-hybridized carbons (Fsp3) is 1.00. The second-order valence-electron chi connectivity index (χ2n) is 4.84. The summed E-state index contributed by atoms with van der Waals surface area (Å²) in [5, 5.41) is 0.